The van der Waals surface area contributed by atoms with Gasteiger partial charge in [0, 0.05) is 6.07 Å². The average molecular weight is 398 g/mol. The molecule has 0 bridgehead atoms. The molecule has 0 amide bonds. The van der Waals surface area contributed by atoms with Crippen molar-refractivity contribution in [2.24, 2.45) is 5.73 Å². The van der Waals surface area contributed by atoms with Crippen LogP contribution in [-0.2, 0) is 5.54 Å². The zero-order valence-corrected chi connectivity index (χ0v) is 15.5. The maximum absolute atomic E-state index is 6.39. The van der Waals surface area contributed by atoms with E-state index in [-0.39, 0.29) is 12.4 Å². The lowest BCUT2D eigenvalue weighted by Gasteiger charge is -2.17. The van der Waals surface area contributed by atoms with Crippen LogP contribution in [0.25, 0.3) is 17.1 Å². The van der Waals surface area contributed by atoms with Crippen molar-refractivity contribution < 1.29 is 9.26 Å². The number of benzene rings is 1. The molecular weight excluding hydrogens is 381 g/mol. The lowest BCUT2D eigenvalue weighted by molar-refractivity contribution is 0.370. The van der Waals surface area contributed by atoms with Gasteiger partial charge in [0.05, 0.1) is 28.9 Å². The zero-order chi connectivity index (χ0) is 17.4. The smallest absolute Gasteiger partial charge is 0.261 e. The highest BCUT2D eigenvalue weighted by atomic mass is 35.5. The fraction of sp³-hybridized carbons (Fsp3) is 0.400. The number of hydrogen-bond acceptors (Lipinski definition) is 8. The second-order valence-electron chi connectivity index (χ2n) is 6.04. The Morgan fingerprint density at radius 3 is 2.73 bits per heavy atom. The Morgan fingerprint density at radius 2 is 2.08 bits per heavy atom. The van der Waals surface area contributed by atoms with E-state index in [1.54, 1.807) is 19.2 Å². The van der Waals surface area contributed by atoms with E-state index in [0.29, 0.717) is 33.7 Å². The molecule has 0 saturated heterocycles. The van der Waals surface area contributed by atoms with Gasteiger partial charge < -0.3 is 15.0 Å². The first-order valence-electron chi connectivity index (χ1n) is 7.85. The summed E-state index contributed by atoms with van der Waals surface area (Å²) in [7, 11) is 1.55. The van der Waals surface area contributed by atoms with Crippen LogP contribution in [0.15, 0.2) is 23.0 Å². The topological polar surface area (TPSA) is 118 Å². The molecule has 0 radical (unpaired) electrons. The Morgan fingerprint density at radius 1 is 1.31 bits per heavy atom. The summed E-state index contributed by atoms with van der Waals surface area (Å²) in [5.74, 6) is 1.35. The number of rotatable bonds is 4. The third kappa shape index (κ3) is 3.13. The summed E-state index contributed by atoms with van der Waals surface area (Å²) in [4.78, 5) is 4.49. The van der Waals surface area contributed by atoms with E-state index in [1.807, 2.05) is 0 Å². The molecule has 11 heteroatoms. The van der Waals surface area contributed by atoms with Crippen molar-refractivity contribution in [3.8, 4) is 22.9 Å². The molecule has 1 aliphatic rings. The lowest BCUT2D eigenvalue weighted by atomic mass is 9.98. The number of nitrogens with zero attached hydrogens (tertiary/aromatic N) is 6. The van der Waals surface area contributed by atoms with Crippen LogP contribution < -0.4 is 10.5 Å². The van der Waals surface area contributed by atoms with Gasteiger partial charge in [-0.1, -0.05) is 29.6 Å². The molecule has 2 aromatic heterocycles. The van der Waals surface area contributed by atoms with Crippen molar-refractivity contribution in [1.82, 2.24) is 30.3 Å². The Balaban J connectivity index is 0.00000196. The van der Waals surface area contributed by atoms with Crippen molar-refractivity contribution in [2.45, 2.75) is 31.2 Å². The summed E-state index contributed by atoms with van der Waals surface area (Å²) in [5, 5.41) is 15.6. The van der Waals surface area contributed by atoms with Crippen molar-refractivity contribution in [2.75, 3.05) is 7.11 Å². The van der Waals surface area contributed by atoms with Gasteiger partial charge in [0.15, 0.2) is 5.82 Å². The van der Waals surface area contributed by atoms with Crippen molar-refractivity contribution in [3.05, 3.63) is 29.3 Å². The van der Waals surface area contributed by atoms with Gasteiger partial charge in [0.1, 0.15) is 12.1 Å². The summed E-state index contributed by atoms with van der Waals surface area (Å²) in [6.45, 7) is 0. The number of hydrogen-bond donors (Lipinski definition) is 1. The fourth-order valence-corrected chi connectivity index (χ4v) is 3.34. The Labute approximate surface area is 160 Å². The molecule has 3 aromatic rings. The predicted molar refractivity (Wildman–Crippen MR) is 95.6 cm³/mol. The fourth-order valence-electron chi connectivity index (χ4n) is 3.09. The molecule has 0 spiro atoms. The first-order valence-corrected chi connectivity index (χ1v) is 8.23. The van der Waals surface area contributed by atoms with E-state index in [4.69, 9.17) is 26.6 Å². The quantitative estimate of drug-likeness (QED) is 0.712. The van der Waals surface area contributed by atoms with E-state index < -0.39 is 5.54 Å². The van der Waals surface area contributed by atoms with Crippen molar-refractivity contribution in [1.29, 1.82) is 0 Å². The number of methoxy groups -OCH3 is 1. The first-order chi connectivity index (χ1) is 12.1. The molecule has 2 heterocycles. The minimum Gasteiger partial charge on any atom is -0.496 e. The lowest BCUT2D eigenvalue weighted by Crippen LogP contribution is -2.34. The van der Waals surface area contributed by atoms with Crippen LogP contribution >= 0.6 is 24.0 Å². The standard InChI is InChI=1S/C15H16ClN7O2.ClH/c1-24-12-7-11(23-8-18-21-22-23)10(16)6-9(12)13-19-14(20-25-13)15(17)4-2-3-5-15;/h6-8H,2-5,17H2,1H3;1H. The number of halogens is 2. The van der Waals surface area contributed by atoms with Crippen molar-refractivity contribution in [3.63, 3.8) is 0 Å². The van der Waals surface area contributed by atoms with Crippen molar-refractivity contribution >= 4 is 24.0 Å². The van der Waals surface area contributed by atoms with Gasteiger partial charge in [-0.25, -0.2) is 0 Å². The monoisotopic (exact) mass is 397 g/mol. The Kier molecular flexibility index (Phi) is 5.12. The van der Waals surface area contributed by atoms with Crippen LogP contribution in [-0.4, -0.2) is 37.5 Å². The minimum atomic E-state index is -0.523. The van der Waals surface area contributed by atoms with Gasteiger partial charge >= 0.3 is 0 Å². The highest BCUT2D eigenvalue weighted by molar-refractivity contribution is 6.32. The summed E-state index contributed by atoms with van der Waals surface area (Å²) in [6.07, 6.45) is 5.28. The van der Waals surface area contributed by atoms with Gasteiger partial charge in [-0.05, 0) is 29.3 Å². The highest BCUT2D eigenvalue weighted by Crippen LogP contribution is 2.38. The molecule has 0 atom stereocenters. The molecule has 9 nitrogen and oxygen atoms in total. The largest absolute Gasteiger partial charge is 0.496 e. The third-order valence-corrected chi connectivity index (χ3v) is 4.77. The van der Waals surface area contributed by atoms with Crippen LogP contribution in [0.3, 0.4) is 0 Å². The van der Waals surface area contributed by atoms with E-state index in [9.17, 15) is 0 Å². The third-order valence-electron chi connectivity index (χ3n) is 4.46. The SMILES string of the molecule is COc1cc(-n2cnnn2)c(Cl)cc1-c1nc(C2(N)CCCC2)no1.Cl. The van der Waals surface area contributed by atoms with Crippen LogP contribution in [0.2, 0.25) is 5.02 Å². The molecule has 1 aliphatic carbocycles. The number of tetrazole rings is 1. The molecule has 2 N–H and O–H groups in total. The van der Waals surface area contributed by atoms with Gasteiger partial charge in [-0.15, -0.1) is 17.5 Å². The predicted octanol–water partition coefficient (Wildman–Crippen LogP) is 2.52. The Hall–Kier alpha value is -2.23. The van der Waals surface area contributed by atoms with E-state index in [2.05, 4.69) is 25.7 Å². The normalized spacial score (nSPS) is 15.7. The van der Waals surface area contributed by atoms with E-state index >= 15 is 0 Å². The minimum absolute atomic E-state index is 0. The molecule has 1 aromatic carbocycles. The molecule has 1 fully saturated rings. The van der Waals surface area contributed by atoms with Gasteiger partial charge in [0.25, 0.3) is 5.89 Å². The maximum Gasteiger partial charge on any atom is 0.261 e. The summed E-state index contributed by atoms with van der Waals surface area (Å²) in [5.41, 5.74) is 7.04. The number of aromatic nitrogens is 6. The molecule has 0 unspecified atom stereocenters. The zero-order valence-electron chi connectivity index (χ0n) is 13.9. The molecule has 0 aliphatic heterocycles. The number of ether oxygens (including phenoxy) is 1. The first kappa shape index (κ1) is 18.6. The molecule has 138 valence electrons. The van der Waals surface area contributed by atoms with E-state index in [0.717, 1.165) is 25.7 Å². The van der Waals surface area contributed by atoms with Gasteiger partial charge in [-0.3, -0.25) is 0 Å². The molecular formula is C15H17Cl2N7O2. The van der Waals surface area contributed by atoms with Gasteiger partial charge in [-0.2, -0.15) is 9.67 Å². The second kappa shape index (κ2) is 7.18. The van der Waals surface area contributed by atoms with Crippen LogP contribution in [0.5, 0.6) is 5.75 Å². The number of nitrogens with two attached hydrogens (primary N) is 1. The van der Waals surface area contributed by atoms with Crippen LogP contribution in [0, 0.1) is 0 Å². The van der Waals surface area contributed by atoms with Crippen LogP contribution in [0.4, 0.5) is 0 Å². The summed E-state index contributed by atoms with van der Waals surface area (Å²) < 4.78 is 12.3. The average Bonchev–Trinajstić information content (AvgIpc) is 3.36. The van der Waals surface area contributed by atoms with Gasteiger partial charge in [0.2, 0.25) is 0 Å². The molecule has 4 rings (SSSR count). The van der Waals surface area contributed by atoms with E-state index in [1.165, 1.54) is 11.0 Å². The Bertz CT molecular complexity index is 892. The molecule has 26 heavy (non-hydrogen) atoms. The summed E-state index contributed by atoms with van der Waals surface area (Å²) >= 11 is 6.37. The highest BCUT2D eigenvalue weighted by Gasteiger charge is 2.36. The second-order valence-corrected chi connectivity index (χ2v) is 6.45. The van der Waals surface area contributed by atoms with Crippen LogP contribution in [0.1, 0.15) is 31.5 Å². The maximum atomic E-state index is 6.39. The summed E-state index contributed by atoms with van der Waals surface area (Å²) in [6, 6.07) is 3.40. The molecule has 1 saturated carbocycles.